The van der Waals surface area contributed by atoms with Crippen LogP contribution in [-0.4, -0.2) is 40.6 Å². The molecule has 0 bridgehead atoms. The molecule has 1 heterocycles. The Balaban J connectivity index is 1.27. The van der Waals surface area contributed by atoms with Crippen LogP contribution in [-0.2, 0) is 9.59 Å². The van der Waals surface area contributed by atoms with Crippen molar-refractivity contribution in [3.05, 3.63) is 63.5 Å². The van der Waals surface area contributed by atoms with Crippen LogP contribution in [0.5, 0.6) is 5.75 Å². The van der Waals surface area contributed by atoms with Gasteiger partial charge in [0.1, 0.15) is 5.75 Å². The monoisotopic (exact) mass is 565 g/mol. The van der Waals surface area contributed by atoms with Crippen molar-refractivity contribution in [2.75, 3.05) is 11.9 Å². The molecular formula is C31H36ClN3O3S. The smallest absolute Gasteiger partial charge is 0.266 e. The lowest BCUT2D eigenvalue weighted by atomic mass is 9.94. The van der Waals surface area contributed by atoms with Gasteiger partial charge in [0.05, 0.1) is 16.0 Å². The second-order valence-corrected chi connectivity index (χ2v) is 12.1. The van der Waals surface area contributed by atoms with Crippen LogP contribution in [0.25, 0.3) is 6.08 Å². The van der Waals surface area contributed by atoms with Gasteiger partial charge in [-0.15, -0.1) is 0 Å². The maximum absolute atomic E-state index is 13.6. The number of rotatable bonds is 7. The van der Waals surface area contributed by atoms with Crippen LogP contribution in [0.3, 0.4) is 0 Å². The summed E-state index contributed by atoms with van der Waals surface area (Å²) in [4.78, 5) is 33.7. The number of nitrogens with one attached hydrogen (secondary N) is 1. The fraction of sp³-hybridized carbons (Fsp3) is 0.452. The fourth-order valence-electron chi connectivity index (χ4n) is 5.46. The lowest BCUT2D eigenvalue weighted by Gasteiger charge is -2.31. The zero-order valence-electron chi connectivity index (χ0n) is 22.5. The predicted molar refractivity (Wildman–Crippen MR) is 160 cm³/mol. The van der Waals surface area contributed by atoms with Gasteiger partial charge in [0.2, 0.25) is 0 Å². The number of amides is 2. The van der Waals surface area contributed by atoms with Crippen molar-refractivity contribution in [1.29, 1.82) is 0 Å². The van der Waals surface area contributed by atoms with Crippen LogP contribution < -0.4 is 10.1 Å². The molecule has 0 spiro atoms. The molecule has 3 fully saturated rings. The summed E-state index contributed by atoms with van der Waals surface area (Å²) in [6.07, 6.45) is 13.5. The van der Waals surface area contributed by atoms with Crippen molar-refractivity contribution in [3.63, 3.8) is 0 Å². The van der Waals surface area contributed by atoms with E-state index in [9.17, 15) is 9.59 Å². The number of aliphatic imine (C=N–C) groups is 1. The molecule has 1 aliphatic heterocycles. The van der Waals surface area contributed by atoms with Crippen molar-refractivity contribution in [2.45, 2.75) is 83.2 Å². The average Bonchev–Trinajstić information content (AvgIpc) is 3.24. The Morgan fingerprint density at radius 1 is 1.05 bits per heavy atom. The topological polar surface area (TPSA) is 71.0 Å². The highest BCUT2D eigenvalue weighted by Gasteiger charge is 2.39. The summed E-state index contributed by atoms with van der Waals surface area (Å²) in [6.45, 7) is 1.84. The van der Waals surface area contributed by atoms with E-state index < -0.39 is 0 Å². The molecule has 6 nitrogen and oxygen atoms in total. The summed E-state index contributed by atoms with van der Waals surface area (Å²) in [7, 11) is 0. The van der Waals surface area contributed by atoms with E-state index in [4.69, 9.17) is 21.3 Å². The molecule has 2 aromatic carbocycles. The van der Waals surface area contributed by atoms with Gasteiger partial charge in [0.25, 0.3) is 11.8 Å². The van der Waals surface area contributed by atoms with Gasteiger partial charge in [-0.2, -0.15) is 0 Å². The largest absolute Gasteiger partial charge is 0.482 e. The summed E-state index contributed by atoms with van der Waals surface area (Å²) in [6, 6.07) is 13.5. The first-order valence-electron chi connectivity index (χ1n) is 14.1. The number of hydrogen-bond donors (Lipinski definition) is 1. The Bertz CT molecular complexity index is 1250. The summed E-state index contributed by atoms with van der Waals surface area (Å²) < 4.78 is 5.67. The Morgan fingerprint density at radius 3 is 2.44 bits per heavy atom. The molecule has 2 aromatic rings. The molecule has 8 heteroatoms. The quantitative estimate of drug-likeness (QED) is 0.351. The summed E-state index contributed by atoms with van der Waals surface area (Å²) in [5.74, 6) is 0.207. The number of nitrogens with zero attached hydrogens (tertiary/aromatic N) is 2. The third-order valence-electron chi connectivity index (χ3n) is 7.59. The number of thioether (sulfide) groups is 1. The van der Waals surface area contributed by atoms with E-state index in [1.165, 1.54) is 37.4 Å². The first kappa shape index (κ1) is 27.8. The fourth-order valence-corrected chi connectivity index (χ4v) is 6.81. The Kier molecular flexibility index (Phi) is 9.30. The van der Waals surface area contributed by atoms with Gasteiger partial charge in [-0.25, -0.2) is 0 Å². The zero-order chi connectivity index (χ0) is 27.2. The second-order valence-electron chi connectivity index (χ2n) is 10.7. The van der Waals surface area contributed by atoms with Gasteiger partial charge >= 0.3 is 0 Å². The van der Waals surface area contributed by atoms with Gasteiger partial charge in [-0.1, -0.05) is 73.9 Å². The van der Waals surface area contributed by atoms with Crippen molar-refractivity contribution < 1.29 is 14.3 Å². The molecule has 1 N–H and O–H groups in total. The molecule has 39 heavy (non-hydrogen) atoms. The molecule has 0 atom stereocenters. The molecule has 206 valence electrons. The van der Waals surface area contributed by atoms with Gasteiger partial charge in [0, 0.05) is 11.7 Å². The minimum atomic E-state index is -0.262. The van der Waals surface area contributed by atoms with Crippen LogP contribution in [0.2, 0.25) is 5.02 Å². The second kappa shape index (κ2) is 13.1. The number of ether oxygens (including phenoxy) is 1. The van der Waals surface area contributed by atoms with Gasteiger partial charge in [-0.3, -0.25) is 19.5 Å². The molecule has 0 aromatic heterocycles. The van der Waals surface area contributed by atoms with Crippen molar-refractivity contribution in [2.24, 2.45) is 4.99 Å². The van der Waals surface area contributed by atoms with Gasteiger partial charge < -0.3 is 10.1 Å². The summed E-state index contributed by atoms with van der Waals surface area (Å²) in [5, 5.41) is 4.08. The highest BCUT2D eigenvalue weighted by molar-refractivity contribution is 8.18. The number of carbonyl (C=O) groups excluding carboxylic acids is 2. The third-order valence-corrected chi connectivity index (χ3v) is 8.88. The van der Waals surface area contributed by atoms with E-state index in [0.29, 0.717) is 21.7 Å². The number of benzene rings is 2. The van der Waals surface area contributed by atoms with E-state index in [0.717, 1.165) is 60.5 Å². The van der Waals surface area contributed by atoms with Crippen LogP contribution in [0.4, 0.5) is 5.69 Å². The van der Waals surface area contributed by atoms with Crippen LogP contribution in [0.1, 0.15) is 75.3 Å². The first-order chi connectivity index (χ1) is 19.0. The number of carbonyl (C=O) groups is 2. The van der Waals surface area contributed by atoms with Gasteiger partial charge in [0.15, 0.2) is 11.8 Å². The molecule has 2 amide bonds. The maximum atomic E-state index is 13.6. The average molecular weight is 566 g/mol. The molecule has 1 saturated heterocycles. The Morgan fingerprint density at radius 2 is 1.74 bits per heavy atom. The van der Waals surface area contributed by atoms with Crippen LogP contribution in [0.15, 0.2) is 52.4 Å². The highest BCUT2D eigenvalue weighted by Crippen LogP contribution is 2.39. The molecule has 0 radical (unpaired) electrons. The molecule has 0 unspecified atom stereocenters. The first-order valence-corrected chi connectivity index (χ1v) is 15.3. The maximum Gasteiger partial charge on any atom is 0.266 e. The third kappa shape index (κ3) is 7.25. The predicted octanol–water partition coefficient (Wildman–Crippen LogP) is 7.60. The SMILES string of the molecule is Cc1ccc(NC(=O)COc2ccc(C=C3SC(=NC4CCCCC4)N(C4CCCCC4)C3=O)cc2Cl)cc1. The van der Waals surface area contributed by atoms with Crippen LogP contribution >= 0.6 is 23.4 Å². The lowest BCUT2D eigenvalue weighted by molar-refractivity contribution is -0.124. The number of hydrogen-bond acceptors (Lipinski definition) is 5. The lowest BCUT2D eigenvalue weighted by Crippen LogP contribution is -2.41. The molecule has 2 aliphatic carbocycles. The number of halogens is 1. The zero-order valence-corrected chi connectivity index (χ0v) is 24.0. The molecule has 3 aliphatic rings. The normalized spacial score (nSPS) is 21.1. The summed E-state index contributed by atoms with van der Waals surface area (Å²) in [5.41, 5.74) is 2.66. The van der Waals surface area contributed by atoms with Crippen molar-refractivity contribution >= 4 is 52.1 Å². The molecular weight excluding hydrogens is 530 g/mol. The number of anilines is 1. The minimum Gasteiger partial charge on any atom is -0.482 e. The van der Waals surface area contributed by atoms with Crippen LogP contribution in [0, 0.1) is 6.92 Å². The highest BCUT2D eigenvalue weighted by atomic mass is 35.5. The van der Waals surface area contributed by atoms with Crippen molar-refractivity contribution in [3.8, 4) is 5.75 Å². The number of aryl methyl sites for hydroxylation is 1. The van der Waals surface area contributed by atoms with E-state index in [2.05, 4.69) is 5.32 Å². The van der Waals surface area contributed by atoms with E-state index in [1.54, 1.807) is 12.1 Å². The van der Waals surface area contributed by atoms with Crippen molar-refractivity contribution in [1.82, 2.24) is 4.90 Å². The summed E-state index contributed by atoms with van der Waals surface area (Å²) >= 11 is 8.00. The standard InChI is InChI=1S/C31H36ClN3O3S/c1-21-12-15-24(16-13-21)33-29(36)20-38-27-17-14-22(18-26(27)32)19-28-30(37)35(25-10-6-3-7-11-25)31(39-28)34-23-8-4-2-5-9-23/h12-19,23,25H,2-11,20H2,1H3,(H,33,36). The van der Waals surface area contributed by atoms with E-state index in [1.807, 2.05) is 48.2 Å². The van der Waals surface area contributed by atoms with Gasteiger partial charge in [-0.05, 0) is 80.3 Å². The Labute approximate surface area is 240 Å². The number of amidine groups is 1. The molecule has 2 saturated carbocycles. The van der Waals surface area contributed by atoms with E-state index >= 15 is 0 Å². The minimum absolute atomic E-state index is 0.0469. The Hall–Kier alpha value is -2.77. The molecule has 5 rings (SSSR count). The van der Waals surface area contributed by atoms with E-state index in [-0.39, 0.29) is 24.5 Å².